The van der Waals surface area contributed by atoms with Gasteiger partial charge in [0.25, 0.3) is 10.1 Å². The molecule has 0 aliphatic heterocycles. The van der Waals surface area contributed by atoms with Crippen molar-refractivity contribution < 1.29 is 12.6 Å². The molecular formula is C9H8BrNO3S. The van der Waals surface area contributed by atoms with E-state index >= 15 is 0 Å². The first-order valence-corrected chi connectivity index (χ1v) is 6.58. The summed E-state index contributed by atoms with van der Waals surface area (Å²) in [6.07, 6.45) is 0. The molecule has 0 amide bonds. The van der Waals surface area contributed by atoms with Gasteiger partial charge in [-0.3, -0.25) is 4.18 Å². The van der Waals surface area contributed by atoms with Crippen LogP contribution in [0.4, 0.5) is 0 Å². The van der Waals surface area contributed by atoms with E-state index in [1.54, 1.807) is 0 Å². The minimum Gasteiger partial charge on any atom is -0.265 e. The van der Waals surface area contributed by atoms with Crippen LogP contribution in [0.2, 0.25) is 0 Å². The van der Waals surface area contributed by atoms with Crippen LogP contribution >= 0.6 is 15.9 Å². The Morgan fingerprint density at radius 2 is 1.93 bits per heavy atom. The molecular weight excluding hydrogens is 282 g/mol. The SMILES string of the molecule is N#Cc1ccc(S(=O)(=O)OCCBr)cc1. The van der Waals surface area contributed by atoms with Crippen LogP contribution in [0.5, 0.6) is 0 Å². The number of hydrogen-bond acceptors (Lipinski definition) is 4. The quantitative estimate of drug-likeness (QED) is 0.624. The normalized spacial score (nSPS) is 10.9. The highest BCUT2D eigenvalue weighted by Gasteiger charge is 2.14. The second-order valence-electron chi connectivity index (χ2n) is 2.60. The van der Waals surface area contributed by atoms with Gasteiger partial charge in [0.05, 0.1) is 23.1 Å². The molecule has 0 N–H and O–H groups in total. The van der Waals surface area contributed by atoms with Crippen molar-refractivity contribution in [2.24, 2.45) is 0 Å². The third-order valence-electron chi connectivity index (χ3n) is 1.59. The molecule has 0 saturated carbocycles. The zero-order chi connectivity index (χ0) is 11.3. The van der Waals surface area contributed by atoms with Gasteiger partial charge < -0.3 is 0 Å². The molecule has 15 heavy (non-hydrogen) atoms. The first kappa shape index (κ1) is 12.2. The Hall–Kier alpha value is -0.900. The Balaban J connectivity index is 2.92. The van der Waals surface area contributed by atoms with Crippen LogP contribution in [0.3, 0.4) is 0 Å². The molecule has 0 radical (unpaired) electrons. The van der Waals surface area contributed by atoms with Crippen molar-refractivity contribution in [2.75, 3.05) is 11.9 Å². The van der Waals surface area contributed by atoms with Crippen molar-refractivity contribution in [1.82, 2.24) is 0 Å². The summed E-state index contributed by atoms with van der Waals surface area (Å²) in [6.45, 7) is 0.0856. The average molecular weight is 290 g/mol. The highest BCUT2D eigenvalue weighted by Crippen LogP contribution is 2.13. The number of hydrogen-bond donors (Lipinski definition) is 0. The maximum Gasteiger partial charge on any atom is 0.297 e. The molecule has 0 aromatic heterocycles. The molecule has 0 saturated heterocycles. The summed E-state index contributed by atoms with van der Waals surface area (Å²) in [5.41, 5.74) is 0.412. The number of benzene rings is 1. The van der Waals surface area contributed by atoms with Crippen LogP contribution in [0.15, 0.2) is 29.2 Å². The molecule has 0 fully saturated rings. The van der Waals surface area contributed by atoms with Gasteiger partial charge in [0.2, 0.25) is 0 Å². The van der Waals surface area contributed by atoms with E-state index in [1.165, 1.54) is 24.3 Å². The second kappa shape index (κ2) is 5.26. The highest BCUT2D eigenvalue weighted by molar-refractivity contribution is 9.09. The van der Waals surface area contributed by atoms with Crippen LogP contribution in [-0.4, -0.2) is 20.4 Å². The lowest BCUT2D eigenvalue weighted by molar-refractivity contribution is 0.342. The molecule has 80 valence electrons. The fraction of sp³-hybridized carbons (Fsp3) is 0.222. The van der Waals surface area contributed by atoms with E-state index in [9.17, 15) is 8.42 Å². The Morgan fingerprint density at radius 1 is 1.33 bits per heavy atom. The van der Waals surface area contributed by atoms with Gasteiger partial charge in [-0.1, -0.05) is 15.9 Å². The van der Waals surface area contributed by atoms with Gasteiger partial charge >= 0.3 is 0 Å². The van der Waals surface area contributed by atoms with Crippen molar-refractivity contribution in [2.45, 2.75) is 4.90 Å². The predicted molar refractivity (Wildman–Crippen MR) is 58.1 cm³/mol. The molecule has 0 unspecified atom stereocenters. The summed E-state index contributed by atoms with van der Waals surface area (Å²) in [7, 11) is -3.69. The van der Waals surface area contributed by atoms with Crippen molar-refractivity contribution in [3.8, 4) is 6.07 Å². The first-order chi connectivity index (χ1) is 7.10. The fourth-order valence-corrected chi connectivity index (χ4v) is 2.19. The van der Waals surface area contributed by atoms with Gasteiger partial charge in [-0.25, -0.2) is 0 Å². The second-order valence-corrected chi connectivity index (χ2v) is 5.01. The lowest BCUT2D eigenvalue weighted by Crippen LogP contribution is -2.08. The topological polar surface area (TPSA) is 67.2 Å². The summed E-state index contributed by atoms with van der Waals surface area (Å²) in [4.78, 5) is 0.0578. The highest BCUT2D eigenvalue weighted by atomic mass is 79.9. The van der Waals surface area contributed by atoms with Crippen LogP contribution in [0.25, 0.3) is 0 Å². The molecule has 4 nitrogen and oxygen atoms in total. The molecule has 1 rings (SSSR count). The van der Waals surface area contributed by atoms with Crippen molar-refractivity contribution >= 4 is 26.0 Å². The molecule has 0 spiro atoms. The lowest BCUT2D eigenvalue weighted by atomic mass is 10.2. The van der Waals surface area contributed by atoms with E-state index in [0.717, 1.165) is 0 Å². The molecule has 0 aliphatic rings. The van der Waals surface area contributed by atoms with Crippen LogP contribution in [0, 0.1) is 11.3 Å². The van der Waals surface area contributed by atoms with Gasteiger partial charge in [0, 0.05) is 5.33 Å². The lowest BCUT2D eigenvalue weighted by Gasteiger charge is -2.03. The van der Waals surface area contributed by atoms with E-state index in [0.29, 0.717) is 10.9 Å². The number of nitrogens with zero attached hydrogens (tertiary/aromatic N) is 1. The number of nitriles is 1. The van der Waals surface area contributed by atoms with E-state index in [4.69, 9.17) is 5.26 Å². The Bertz CT molecular complexity index is 461. The third-order valence-corrected chi connectivity index (χ3v) is 3.24. The summed E-state index contributed by atoms with van der Waals surface area (Å²) in [5, 5.41) is 8.98. The monoisotopic (exact) mass is 289 g/mol. The van der Waals surface area contributed by atoms with E-state index in [2.05, 4.69) is 20.1 Å². The molecule has 1 aromatic carbocycles. The van der Waals surface area contributed by atoms with Crippen molar-refractivity contribution in [1.29, 1.82) is 5.26 Å². The smallest absolute Gasteiger partial charge is 0.265 e. The van der Waals surface area contributed by atoms with Crippen molar-refractivity contribution in [3.05, 3.63) is 29.8 Å². The van der Waals surface area contributed by atoms with Crippen molar-refractivity contribution in [3.63, 3.8) is 0 Å². The van der Waals surface area contributed by atoms with E-state index < -0.39 is 10.1 Å². The average Bonchev–Trinajstić information content (AvgIpc) is 2.26. The van der Waals surface area contributed by atoms with Crippen LogP contribution < -0.4 is 0 Å². The van der Waals surface area contributed by atoms with E-state index in [1.807, 2.05) is 6.07 Å². The summed E-state index contributed by atoms with van der Waals surface area (Å²) in [6, 6.07) is 7.47. The zero-order valence-electron chi connectivity index (χ0n) is 7.68. The Morgan fingerprint density at radius 3 is 2.40 bits per heavy atom. The van der Waals surface area contributed by atoms with Gasteiger partial charge in [-0.2, -0.15) is 13.7 Å². The van der Waals surface area contributed by atoms with Gasteiger partial charge in [-0.15, -0.1) is 0 Å². The number of halogens is 1. The third kappa shape index (κ3) is 3.30. The van der Waals surface area contributed by atoms with E-state index in [-0.39, 0.29) is 11.5 Å². The predicted octanol–water partition coefficient (Wildman–Crippen LogP) is 1.66. The summed E-state index contributed by atoms with van der Waals surface area (Å²) < 4.78 is 27.6. The molecule has 0 bridgehead atoms. The largest absolute Gasteiger partial charge is 0.297 e. The maximum atomic E-state index is 11.5. The first-order valence-electron chi connectivity index (χ1n) is 4.06. The molecule has 1 aromatic rings. The molecule has 6 heteroatoms. The minimum absolute atomic E-state index is 0.0578. The summed E-state index contributed by atoms with van der Waals surface area (Å²) in [5.74, 6) is 0. The van der Waals surface area contributed by atoms with Gasteiger partial charge in [0.1, 0.15) is 0 Å². The summed E-state index contributed by atoms with van der Waals surface area (Å²) >= 11 is 3.06. The molecule has 0 aliphatic carbocycles. The van der Waals surface area contributed by atoms with Crippen LogP contribution in [-0.2, 0) is 14.3 Å². The Labute approximate surface area is 96.7 Å². The fourth-order valence-electron chi connectivity index (χ4n) is 0.905. The molecule has 0 atom stereocenters. The van der Waals surface area contributed by atoms with Gasteiger partial charge in [0.15, 0.2) is 0 Å². The maximum absolute atomic E-state index is 11.5. The number of alkyl halides is 1. The van der Waals surface area contributed by atoms with Gasteiger partial charge in [-0.05, 0) is 24.3 Å². The number of rotatable bonds is 4. The zero-order valence-corrected chi connectivity index (χ0v) is 10.1. The minimum atomic E-state index is -3.69. The standard InChI is InChI=1S/C9H8BrNO3S/c10-5-6-14-15(12,13)9-3-1-8(7-11)2-4-9/h1-4H,5-6H2. The van der Waals surface area contributed by atoms with Crippen LogP contribution in [0.1, 0.15) is 5.56 Å². The molecule has 0 heterocycles. The Kier molecular flexibility index (Phi) is 4.27.